The van der Waals surface area contributed by atoms with Crippen molar-refractivity contribution in [3.05, 3.63) is 36.0 Å². The molecular formula is C17H22BNO3. The molecule has 0 aliphatic carbocycles. The summed E-state index contributed by atoms with van der Waals surface area (Å²) in [4.78, 5) is 4.43. The van der Waals surface area contributed by atoms with Crippen molar-refractivity contribution < 1.29 is 14.4 Å². The Balaban J connectivity index is 1.95. The molecule has 0 radical (unpaired) electrons. The maximum Gasteiger partial charge on any atom is 0.494 e. The minimum Gasteiger partial charge on any atom is -0.399 e. The van der Waals surface area contributed by atoms with E-state index in [0.717, 1.165) is 21.9 Å². The van der Waals surface area contributed by atoms with Gasteiger partial charge in [-0.1, -0.05) is 12.1 Å². The van der Waals surface area contributed by atoms with Gasteiger partial charge < -0.3 is 14.4 Å². The Kier molecular flexibility index (Phi) is 3.75. The van der Waals surface area contributed by atoms with Crippen LogP contribution in [0.15, 0.2) is 30.5 Å². The van der Waals surface area contributed by atoms with E-state index in [-0.39, 0.29) is 24.9 Å². The highest BCUT2D eigenvalue weighted by Gasteiger charge is 2.51. The van der Waals surface area contributed by atoms with Crippen LogP contribution in [-0.4, -0.2) is 35.0 Å². The number of aromatic nitrogens is 1. The minimum atomic E-state index is -0.365. The molecular weight excluding hydrogens is 277 g/mol. The summed E-state index contributed by atoms with van der Waals surface area (Å²) in [7, 11) is -0.365. The van der Waals surface area contributed by atoms with Gasteiger partial charge in [0.15, 0.2) is 0 Å². The molecule has 1 fully saturated rings. The predicted molar refractivity (Wildman–Crippen MR) is 88.2 cm³/mol. The molecule has 1 aromatic carbocycles. The monoisotopic (exact) mass is 299 g/mol. The van der Waals surface area contributed by atoms with Gasteiger partial charge >= 0.3 is 7.12 Å². The van der Waals surface area contributed by atoms with Crippen LogP contribution >= 0.6 is 0 Å². The fraction of sp³-hybridized carbons (Fsp3) is 0.471. The molecule has 5 heteroatoms. The summed E-state index contributed by atoms with van der Waals surface area (Å²) in [5.41, 5.74) is 2.27. The van der Waals surface area contributed by atoms with E-state index < -0.39 is 0 Å². The average molecular weight is 299 g/mol. The van der Waals surface area contributed by atoms with Gasteiger partial charge in [0.2, 0.25) is 0 Å². The van der Waals surface area contributed by atoms with E-state index in [1.54, 1.807) is 0 Å². The van der Waals surface area contributed by atoms with E-state index >= 15 is 0 Å². The molecule has 1 aliphatic rings. The Morgan fingerprint density at radius 3 is 2.41 bits per heavy atom. The first-order valence-electron chi connectivity index (χ1n) is 7.67. The van der Waals surface area contributed by atoms with Crippen LogP contribution in [0.4, 0.5) is 0 Å². The lowest BCUT2D eigenvalue weighted by molar-refractivity contribution is 0.00578. The van der Waals surface area contributed by atoms with E-state index in [2.05, 4.69) is 44.8 Å². The van der Waals surface area contributed by atoms with Crippen molar-refractivity contribution in [2.45, 2.75) is 45.3 Å². The summed E-state index contributed by atoms with van der Waals surface area (Å²) in [6, 6.07) is 8.11. The lowest BCUT2D eigenvalue weighted by Crippen LogP contribution is -2.41. The highest BCUT2D eigenvalue weighted by Crippen LogP contribution is 2.36. The highest BCUT2D eigenvalue weighted by molar-refractivity contribution is 6.62. The van der Waals surface area contributed by atoms with Crippen LogP contribution in [-0.2, 0) is 15.7 Å². The number of aliphatic hydroxyl groups excluding tert-OH is 1. The Labute approximate surface area is 131 Å². The molecule has 0 spiro atoms. The second-order valence-corrected chi connectivity index (χ2v) is 6.86. The summed E-state index contributed by atoms with van der Waals surface area (Å²) in [5.74, 6) is 0. The SMILES string of the molecule is CC1(C)OB(c2ccc3ncc(CCO)cc3c2)OC1(C)C. The Hall–Kier alpha value is -1.43. The number of hydrogen-bond donors (Lipinski definition) is 1. The van der Waals surface area contributed by atoms with E-state index in [0.29, 0.717) is 6.42 Å². The molecule has 0 unspecified atom stereocenters. The number of pyridine rings is 1. The second kappa shape index (κ2) is 5.34. The largest absolute Gasteiger partial charge is 0.494 e. The number of rotatable bonds is 3. The van der Waals surface area contributed by atoms with Crippen molar-refractivity contribution in [1.29, 1.82) is 0 Å². The van der Waals surface area contributed by atoms with Crippen LogP contribution in [0, 0.1) is 0 Å². The van der Waals surface area contributed by atoms with Gasteiger partial charge in [0, 0.05) is 18.2 Å². The summed E-state index contributed by atoms with van der Waals surface area (Å²) >= 11 is 0. The number of nitrogens with zero attached hydrogens (tertiary/aromatic N) is 1. The fourth-order valence-corrected chi connectivity index (χ4v) is 2.59. The number of fused-ring (bicyclic) bond motifs is 1. The van der Waals surface area contributed by atoms with Crippen molar-refractivity contribution >= 4 is 23.5 Å². The van der Waals surface area contributed by atoms with Crippen LogP contribution in [0.3, 0.4) is 0 Å². The molecule has 2 heterocycles. The first-order valence-corrected chi connectivity index (χ1v) is 7.67. The van der Waals surface area contributed by atoms with E-state index in [1.165, 1.54) is 0 Å². The number of benzene rings is 1. The van der Waals surface area contributed by atoms with Crippen molar-refractivity contribution in [3.8, 4) is 0 Å². The minimum absolute atomic E-state index is 0.129. The maximum absolute atomic E-state index is 9.07. The maximum atomic E-state index is 9.07. The van der Waals surface area contributed by atoms with Crippen molar-refractivity contribution in [2.24, 2.45) is 0 Å². The molecule has 2 aromatic rings. The van der Waals surface area contributed by atoms with Crippen LogP contribution < -0.4 is 5.46 Å². The predicted octanol–water partition coefficient (Wildman–Crippen LogP) is 2.07. The van der Waals surface area contributed by atoms with Gasteiger partial charge in [-0.3, -0.25) is 4.98 Å². The third-order valence-electron chi connectivity index (χ3n) is 4.69. The molecule has 1 aliphatic heterocycles. The topological polar surface area (TPSA) is 51.6 Å². The van der Waals surface area contributed by atoms with Crippen LogP contribution in [0.2, 0.25) is 0 Å². The van der Waals surface area contributed by atoms with E-state index in [1.807, 2.05) is 18.3 Å². The summed E-state index contributed by atoms with van der Waals surface area (Å²) < 4.78 is 12.2. The van der Waals surface area contributed by atoms with Gasteiger partial charge in [-0.15, -0.1) is 0 Å². The zero-order valence-corrected chi connectivity index (χ0v) is 13.6. The Bertz CT molecular complexity index is 683. The van der Waals surface area contributed by atoms with Crippen molar-refractivity contribution in [3.63, 3.8) is 0 Å². The van der Waals surface area contributed by atoms with Gasteiger partial charge in [-0.2, -0.15) is 0 Å². The molecule has 0 saturated carbocycles. The zero-order valence-electron chi connectivity index (χ0n) is 13.6. The standard InChI is InChI=1S/C17H22BNO3/c1-16(2)17(3,4)22-18(21-16)14-5-6-15-13(10-14)9-12(7-8-20)11-19-15/h5-6,9-11,20H,7-8H2,1-4H3. The highest BCUT2D eigenvalue weighted by atomic mass is 16.7. The van der Waals surface area contributed by atoms with Gasteiger partial charge in [0.25, 0.3) is 0 Å². The first kappa shape index (κ1) is 15.5. The van der Waals surface area contributed by atoms with Crippen molar-refractivity contribution in [2.75, 3.05) is 6.61 Å². The van der Waals surface area contributed by atoms with E-state index in [4.69, 9.17) is 14.4 Å². The smallest absolute Gasteiger partial charge is 0.399 e. The quantitative estimate of drug-likeness (QED) is 0.882. The lowest BCUT2D eigenvalue weighted by atomic mass is 9.78. The number of aliphatic hydroxyl groups is 1. The normalized spacial score (nSPS) is 19.8. The van der Waals surface area contributed by atoms with Crippen LogP contribution in [0.1, 0.15) is 33.3 Å². The zero-order chi connectivity index (χ0) is 16.0. The van der Waals surface area contributed by atoms with Gasteiger partial charge in [0.1, 0.15) is 0 Å². The summed E-state index contributed by atoms with van der Waals surface area (Å²) in [6.45, 7) is 8.33. The van der Waals surface area contributed by atoms with Crippen molar-refractivity contribution in [1.82, 2.24) is 4.98 Å². The van der Waals surface area contributed by atoms with Crippen LogP contribution in [0.5, 0.6) is 0 Å². The third kappa shape index (κ3) is 2.64. The van der Waals surface area contributed by atoms with Gasteiger partial charge in [0.05, 0.1) is 16.7 Å². The molecule has 0 atom stereocenters. The van der Waals surface area contributed by atoms with Gasteiger partial charge in [-0.05, 0) is 57.3 Å². The summed E-state index contributed by atoms with van der Waals surface area (Å²) in [5, 5.41) is 10.1. The van der Waals surface area contributed by atoms with E-state index in [9.17, 15) is 0 Å². The summed E-state index contributed by atoms with van der Waals surface area (Å²) in [6.07, 6.45) is 2.43. The molecule has 1 saturated heterocycles. The average Bonchev–Trinajstić information content (AvgIpc) is 2.67. The lowest BCUT2D eigenvalue weighted by Gasteiger charge is -2.32. The molecule has 1 aromatic heterocycles. The number of hydrogen-bond acceptors (Lipinski definition) is 4. The van der Waals surface area contributed by atoms with Gasteiger partial charge in [-0.25, -0.2) is 0 Å². The molecule has 116 valence electrons. The Morgan fingerprint density at radius 2 is 1.77 bits per heavy atom. The molecule has 1 N–H and O–H groups in total. The molecule has 0 bridgehead atoms. The fourth-order valence-electron chi connectivity index (χ4n) is 2.59. The second-order valence-electron chi connectivity index (χ2n) is 6.86. The molecule has 0 amide bonds. The third-order valence-corrected chi connectivity index (χ3v) is 4.69. The van der Waals surface area contributed by atoms with Crippen LogP contribution in [0.25, 0.3) is 10.9 Å². The Morgan fingerprint density at radius 1 is 1.09 bits per heavy atom. The molecule has 22 heavy (non-hydrogen) atoms. The molecule has 4 nitrogen and oxygen atoms in total. The molecule has 3 rings (SSSR count). The first-order chi connectivity index (χ1) is 10.3.